The predicted octanol–water partition coefficient (Wildman–Crippen LogP) is 1.71. The molecule has 1 atom stereocenters. The van der Waals surface area contributed by atoms with Crippen LogP contribution in [0.3, 0.4) is 0 Å². The molecule has 1 heterocycles. The van der Waals surface area contributed by atoms with Crippen molar-refractivity contribution in [3.63, 3.8) is 0 Å². The van der Waals surface area contributed by atoms with E-state index in [1.54, 1.807) is 0 Å². The number of hydrogen-bond acceptors (Lipinski definition) is 2. The van der Waals surface area contributed by atoms with Crippen LogP contribution in [0, 0.1) is 0 Å². The summed E-state index contributed by atoms with van der Waals surface area (Å²) in [4.78, 5) is 4.79. The lowest BCUT2D eigenvalue weighted by Gasteiger charge is -2.06. The first-order valence-electron chi connectivity index (χ1n) is 3.01. The molecule has 1 aliphatic heterocycles. The van der Waals surface area contributed by atoms with Gasteiger partial charge in [-0.3, -0.25) is 0 Å². The highest BCUT2D eigenvalue weighted by molar-refractivity contribution is 7.32. The second kappa shape index (κ2) is 4.25. The quantitative estimate of drug-likeness (QED) is 0.371. The molecule has 1 saturated heterocycles. The standard InChI is InChI=1S/C5H11O2P/c1-2-4-6-7-8-5-3-1/h8H,1-5H2. The van der Waals surface area contributed by atoms with E-state index in [4.69, 9.17) is 9.56 Å². The van der Waals surface area contributed by atoms with Crippen molar-refractivity contribution in [2.24, 2.45) is 0 Å². The SMILES string of the molecule is C1CCOOPCC1. The van der Waals surface area contributed by atoms with Gasteiger partial charge in [0.1, 0.15) is 0 Å². The van der Waals surface area contributed by atoms with E-state index in [1.165, 1.54) is 19.0 Å². The first-order chi connectivity index (χ1) is 4.00. The molecule has 48 valence electrons. The van der Waals surface area contributed by atoms with E-state index in [0.29, 0.717) is 8.81 Å². The third-order valence-corrected chi connectivity index (χ3v) is 1.92. The highest BCUT2D eigenvalue weighted by Crippen LogP contribution is 2.18. The van der Waals surface area contributed by atoms with Gasteiger partial charge in [-0.15, -0.1) is 0 Å². The van der Waals surface area contributed by atoms with Crippen LogP contribution in [0.15, 0.2) is 0 Å². The van der Waals surface area contributed by atoms with Gasteiger partial charge in [0.25, 0.3) is 0 Å². The lowest BCUT2D eigenvalue weighted by atomic mass is 10.3. The van der Waals surface area contributed by atoms with Gasteiger partial charge in [0.15, 0.2) is 0 Å². The number of rotatable bonds is 0. The molecule has 1 fully saturated rings. The zero-order chi connectivity index (χ0) is 5.66. The van der Waals surface area contributed by atoms with Crippen LogP contribution >= 0.6 is 8.81 Å². The van der Waals surface area contributed by atoms with Crippen LogP contribution in [0.25, 0.3) is 0 Å². The summed E-state index contributed by atoms with van der Waals surface area (Å²) in [6.45, 7) is 0.785. The normalized spacial score (nSPS) is 27.0. The molecule has 0 aromatic rings. The summed E-state index contributed by atoms with van der Waals surface area (Å²) in [6, 6.07) is 0. The van der Waals surface area contributed by atoms with Crippen LogP contribution in [0.4, 0.5) is 0 Å². The Morgan fingerprint density at radius 2 is 2.12 bits per heavy atom. The fourth-order valence-electron chi connectivity index (χ4n) is 0.660. The maximum absolute atomic E-state index is 4.80. The van der Waals surface area contributed by atoms with Crippen molar-refractivity contribution in [1.82, 2.24) is 0 Å². The van der Waals surface area contributed by atoms with E-state index in [1.807, 2.05) is 0 Å². The van der Waals surface area contributed by atoms with E-state index in [-0.39, 0.29) is 0 Å². The van der Waals surface area contributed by atoms with Gasteiger partial charge in [0, 0.05) is 0 Å². The van der Waals surface area contributed by atoms with E-state index in [0.717, 1.165) is 13.0 Å². The van der Waals surface area contributed by atoms with Crippen molar-refractivity contribution in [2.45, 2.75) is 19.3 Å². The maximum atomic E-state index is 4.80. The molecule has 0 aliphatic carbocycles. The fourth-order valence-corrected chi connectivity index (χ4v) is 1.30. The molecule has 1 aliphatic rings. The van der Waals surface area contributed by atoms with Crippen LogP contribution in [-0.2, 0) is 9.56 Å². The minimum atomic E-state index is 0.568. The largest absolute Gasteiger partial charge is 0.234 e. The van der Waals surface area contributed by atoms with E-state index in [9.17, 15) is 0 Å². The average molecular weight is 134 g/mol. The van der Waals surface area contributed by atoms with Gasteiger partial charge in [-0.05, 0) is 19.0 Å². The van der Waals surface area contributed by atoms with Crippen molar-refractivity contribution in [2.75, 3.05) is 12.8 Å². The Hall–Kier alpha value is 0.350. The molecule has 0 N–H and O–H groups in total. The lowest BCUT2D eigenvalue weighted by Crippen LogP contribution is -1.95. The van der Waals surface area contributed by atoms with Crippen molar-refractivity contribution in [1.29, 1.82) is 0 Å². The monoisotopic (exact) mass is 134 g/mol. The zero-order valence-electron chi connectivity index (χ0n) is 4.85. The first kappa shape index (κ1) is 6.47. The average Bonchev–Trinajstić information content (AvgIpc) is 1.62. The molecule has 0 aromatic carbocycles. The molecular formula is C5H11O2P. The van der Waals surface area contributed by atoms with Crippen LogP contribution < -0.4 is 0 Å². The molecule has 0 spiro atoms. The van der Waals surface area contributed by atoms with Gasteiger partial charge in [-0.1, -0.05) is 6.42 Å². The second-order valence-corrected chi connectivity index (χ2v) is 2.82. The van der Waals surface area contributed by atoms with Crippen LogP contribution in [0.1, 0.15) is 19.3 Å². The van der Waals surface area contributed by atoms with Gasteiger partial charge in [-0.2, -0.15) is 0 Å². The molecule has 0 aromatic heterocycles. The Kier molecular flexibility index (Phi) is 3.44. The molecule has 0 bridgehead atoms. The summed E-state index contributed by atoms with van der Waals surface area (Å²) in [5, 5.41) is 0. The molecule has 1 rings (SSSR count). The number of hydrogen-bond donors (Lipinski definition) is 0. The highest BCUT2D eigenvalue weighted by Gasteiger charge is 1.96. The van der Waals surface area contributed by atoms with Crippen molar-refractivity contribution in [3.8, 4) is 0 Å². The Bertz CT molecular complexity index is 34.4. The van der Waals surface area contributed by atoms with E-state index < -0.39 is 0 Å². The molecule has 2 nitrogen and oxygen atoms in total. The Morgan fingerprint density at radius 3 is 3.12 bits per heavy atom. The predicted molar refractivity (Wildman–Crippen MR) is 34.1 cm³/mol. The lowest BCUT2D eigenvalue weighted by molar-refractivity contribution is -0.198. The van der Waals surface area contributed by atoms with E-state index >= 15 is 0 Å². The molecule has 1 unspecified atom stereocenters. The Morgan fingerprint density at radius 1 is 1.12 bits per heavy atom. The molecule has 0 saturated carbocycles. The van der Waals surface area contributed by atoms with Crippen LogP contribution in [0.5, 0.6) is 0 Å². The second-order valence-electron chi connectivity index (χ2n) is 1.86. The summed E-state index contributed by atoms with van der Waals surface area (Å²) in [6.07, 6.45) is 4.95. The molecule has 0 amide bonds. The third-order valence-electron chi connectivity index (χ3n) is 1.12. The summed E-state index contributed by atoms with van der Waals surface area (Å²) in [7, 11) is 0.568. The summed E-state index contributed by atoms with van der Waals surface area (Å²) >= 11 is 0. The minimum absolute atomic E-state index is 0.568. The Labute approximate surface area is 51.4 Å². The molecule has 0 radical (unpaired) electrons. The highest BCUT2D eigenvalue weighted by atomic mass is 31.1. The van der Waals surface area contributed by atoms with Gasteiger partial charge >= 0.3 is 0 Å². The van der Waals surface area contributed by atoms with Crippen LogP contribution in [0.2, 0.25) is 0 Å². The molecule has 8 heavy (non-hydrogen) atoms. The van der Waals surface area contributed by atoms with Gasteiger partial charge in [-0.25, -0.2) is 9.56 Å². The summed E-state index contributed by atoms with van der Waals surface area (Å²) in [5.41, 5.74) is 0. The van der Waals surface area contributed by atoms with E-state index in [2.05, 4.69) is 0 Å². The van der Waals surface area contributed by atoms with Gasteiger partial charge < -0.3 is 0 Å². The fraction of sp³-hybridized carbons (Fsp3) is 1.00. The smallest absolute Gasteiger partial charge is 0.0825 e. The van der Waals surface area contributed by atoms with Crippen molar-refractivity contribution >= 4 is 8.81 Å². The maximum Gasteiger partial charge on any atom is 0.0825 e. The topological polar surface area (TPSA) is 18.5 Å². The van der Waals surface area contributed by atoms with Crippen LogP contribution in [-0.4, -0.2) is 12.8 Å². The Balaban J connectivity index is 2.00. The third kappa shape index (κ3) is 2.61. The van der Waals surface area contributed by atoms with Gasteiger partial charge in [0.2, 0.25) is 0 Å². The summed E-state index contributed by atoms with van der Waals surface area (Å²) in [5.74, 6) is 0. The summed E-state index contributed by atoms with van der Waals surface area (Å²) < 4.78 is 4.80. The van der Waals surface area contributed by atoms with Crippen molar-refractivity contribution < 1.29 is 9.56 Å². The van der Waals surface area contributed by atoms with Gasteiger partial charge in [0.05, 0.1) is 15.4 Å². The molecular weight excluding hydrogens is 123 g/mol. The molecule has 3 heteroatoms. The minimum Gasteiger partial charge on any atom is -0.234 e. The first-order valence-corrected chi connectivity index (χ1v) is 4.13. The van der Waals surface area contributed by atoms with Crippen molar-refractivity contribution in [3.05, 3.63) is 0 Å². The zero-order valence-corrected chi connectivity index (χ0v) is 5.85.